The van der Waals surface area contributed by atoms with E-state index in [-0.39, 0.29) is 18.0 Å². The molecule has 1 saturated carbocycles. The van der Waals surface area contributed by atoms with Crippen LogP contribution in [0.1, 0.15) is 42.5 Å². The van der Waals surface area contributed by atoms with Crippen LogP contribution in [0.2, 0.25) is 0 Å². The molecule has 1 aliphatic heterocycles. The molecule has 0 spiro atoms. The number of nitrogens with zero attached hydrogens (tertiary/aromatic N) is 4. The minimum Gasteiger partial charge on any atom is -0.481 e. The standard InChI is InChI=1S/C24H31BrN6O3/c1-30-12-10-17(11-13-30)31(2)22(32)15-6-8-16(9-7-15)27-24-26-14-19(25)21(29-24)28-20-5-3-4-18(20)23(33)34/h6-9,14,17-18,20H,3-5,10-13H2,1-2H3,(H,33,34)(H2,26,27,28,29)/t18-,20+/m0/s1. The van der Waals surface area contributed by atoms with E-state index in [0.29, 0.717) is 28.2 Å². The second-order valence-electron chi connectivity index (χ2n) is 9.17. The molecule has 4 rings (SSSR count). The number of carboxylic acid groups (broad SMARTS) is 1. The van der Waals surface area contributed by atoms with Crippen LogP contribution in [0.4, 0.5) is 17.5 Å². The van der Waals surface area contributed by atoms with Crippen LogP contribution in [-0.2, 0) is 4.79 Å². The monoisotopic (exact) mass is 530 g/mol. The van der Waals surface area contributed by atoms with Crippen molar-refractivity contribution in [3.05, 3.63) is 40.5 Å². The van der Waals surface area contributed by atoms with Crippen LogP contribution in [0.15, 0.2) is 34.9 Å². The zero-order valence-corrected chi connectivity index (χ0v) is 21.1. The van der Waals surface area contributed by atoms with Crippen LogP contribution >= 0.6 is 15.9 Å². The molecular weight excluding hydrogens is 500 g/mol. The number of aromatic nitrogens is 2. The maximum absolute atomic E-state index is 12.9. The highest BCUT2D eigenvalue weighted by Gasteiger charge is 2.33. The smallest absolute Gasteiger partial charge is 0.308 e. The molecule has 2 heterocycles. The molecule has 0 unspecified atom stereocenters. The van der Waals surface area contributed by atoms with E-state index in [1.165, 1.54) is 0 Å². The van der Waals surface area contributed by atoms with Gasteiger partial charge >= 0.3 is 5.97 Å². The van der Waals surface area contributed by atoms with Gasteiger partial charge in [0.05, 0.1) is 10.4 Å². The van der Waals surface area contributed by atoms with E-state index in [0.717, 1.165) is 44.5 Å². The Hall–Kier alpha value is -2.72. The summed E-state index contributed by atoms with van der Waals surface area (Å²) in [5, 5.41) is 15.9. The lowest BCUT2D eigenvalue weighted by molar-refractivity contribution is -0.141. The number of halogens is 1. The van der Waals surface area contributed by atoms with Gasteiger partial charge in [-0.25, -0.2) is 4.98 Å². The van der Waals surface area contributed by atoms with E-state index in [2.05, 4.69) is 48.5 Å². The molecule has 1 amide bonds. The molecule has 2 aromatic rings. The van der Waals surface area contributed by atoms with Crippen LogP contribution in [-0.4, -0.2) is 76.0 Å². The van der Waals surface area contributed by atoms with Gasteiger partial charge in [-0.2, -0.15) is 4.98 Å². The molecule has 182 valence electrons. The molecule has 2 atom stereocenters. The summed E-state index contributed by atoms with van der Waals surface area (Å²) in [4.78, 5) is 37.4. The van der Waals surface area contributed by atoms with E-state index in [1.807, 2.05) is 36.2 Å². The molecule has 34 heavy (non-hydrogen) atoms. The van der Waals surface area contributed by atoms with Gasteiger partial charge in [0.15, 0.2) is 0 Å². The summed E-state index contributed by atoms with van der Waals surface area (Å²) in [5.41, 5.74) is 1.41. The Morgan fingerprint density at radius 1 is 1.15 bits per heavy atom. The van der Waals surface area contributed by atoms with E-state index in [4.69, 9.17) is 0 Å². The molecule has 0 radical (unpaired) electrons. The first-order valence-corrected chi connectivity index (χ1v) is 12.5. The quantitative estimate of drug-likeness (QED) is 0.495. The van der Waals surface area contributed by atoms with E-state index in [9.17, 15) is 14.7 Å². The van der Waals surface area contributed by atoms with Gasteiger partial charge in [0.2, 0.25) is 5.95 Å². The lowest BCUT2D eigenvalue weighted by Crippen LogP contribution is -2.44. The number of carboxylic acids is 1. The lowest BCUT2D eigenvalue weighted by atomic mass is 10.0. The summed E-state index contributed by atoms with van der Waals surface area (Å²) in [7, 11) is 3.99. The number of carbonyl (C=O) groups excluding carboxylic acids is 1. The number of rotatable bonds is 7. The number of amides is 1. The molecule has 2 aliphatic rings. The Labute approximate surface area is 208 Å². The van der Waals surface area contributed by atoms with E-state index in [1.54, 1.807) is 6.20 Å². The lowest BCUT2D eigenvalue weighted by Gasteiger charge is -2.35. The number of anilines is 3. The number of nitrogens with one attached hydrogen (secondary N) is 2. The third-order valence-electron chi connectivity index (χ3n) is 6.84. The first-order chi connectivity index (χ1) is 16.3. The molecular formula is C24H31BrN6O3. The number of benzene rings is 1. The highest BCUT2D eigenvalue weighted by atomic mass is 79.9. The summed E-state index contributed by atoms with van der Waals surface area (Å²) in [6.07, 6.45) is 5.95. The molecule has 9 nitrogen and oxygen atoms in total. The van der Waals surface area contributed by atoms with Crippen molar-refractivity contribution >= 4 is 45.3 Å². The summed E-state index contributed by atoms with van der Waals surface area (Å²) in [5.74, 6) is -0.233. The van der Waals surface area contributed by atoms with Gasteiger partial charge in [0.25, 0.3) is 5.91 Å². The average Bonchev–Trinajstić information content (AvgIpc) is 3.30. The second-order valence-corrected chi connectivity index (χ2v) is 10.0. The molecule has 3 N–H and O–H groups in total. The fraction of sp³-hybridized carbons (Fsp3) is 0.500. The van der Waals surface area contributed by atoms with Crippen molar-refractivity contribution in [1.29, 1.82) is 0 Å². The topological polar surface area (TPSA) is 111 Å². The largest absolute Gasteiger partial charge is 0.481 e. The SMILES string of the molecule is CN1CCC(N(C)C(=O)c2ccc(Nc3ncc(Br)c(N[C@@H]4CCC[C@@H]4C(=O)O)n3)cc2)CC1. The van der Waals surface area contributed by atoms with Gasteiger partial charge in [-0.3, -0.25) is 9.59 Å². The molecule has 10 heteroatoms. The second kappa shape index (κ2) is 10.7. The molecule has 1 aromatic heterocycles. The third-order valence-corrected chi connectivity index (χ3v) is 7.42. The zero-order chi connectivity index (χ0) is 24.2. The van der Waals surface area contributed by atoms with Crippen molar-refractivity contribution in [2.24, 2.45) is 5.92 Å². The predicted molar refractivity (Wildman–Crippen MR) is 134 cm³/mol. The summed E-state index contributed by atoms with van der Waals surface area (Å²) >= 11 is 3.45. The summed E-state index contributed by atoms with van der Waals surface area (Å²) in [6, 6.07) is 7.40. The Kier molecular flexibility index (Phi) is 7.67. The van der Waals surface area contributed by atoms with Crippen LogP contribution in [0.25, 0.3) is 0 Å². The van der Waals surface area contributed by atoms with Gasteiger partial charge in [-0.05, 0) is 86.0 Å². The van der Waals surface area contributed by atoms with Gasteiger partial charge in [-0.15, -0.1) is 0 Å². The fourth-order valence-electron chi connectivity index (χ4n) is 4.71. The molecule has 0 bridgehead atoms. The minimum absolute atomic E-state index is 0.0250. The molecule has 1 aliphatic carbocycles. The Bertz CT molecular complexity index is 1030. The highest BCUT2D eigenvalue weighted by Crippen LogP contribution is 2.31. The van der Waals surface area contributed by atoms with Crippen LogP contribution in [0.3, 0.4) is 0 Å². The van der Waals surface area contributed by atoms with Crippen LogP contribution in [0.5, 0.6) is 0 Å². The van der Waals surface area contributed by atoms with E-state index < -0.39 is 11.9 Å². The number of hydrogen-bond acceptors (Lipinski definition) is 7. The number of aliphatic carboxylic acids is 1. The van der Waals surface area contributed by atoms with Gasteiger partial charge in [0, 0.05) is 36.6 Å². The Morgan fingerprint density at radius 3 is 2.53 bits per heavy atom. The van der Waals surface area contributed by atoms with Crippen LogP contribution in [0, 0.1) is 5.92 Å². The van der Waals surface area contributed by atoms with Crippen molar-refractivity contribution in [1.82, 2.24) is 19.8 Å². The van der Waals surface area contributed by atoms with Crippen LogP contribution < -0.4 is 10.6 Å². The van der Waals surface area contributed by atoms with Crippen molar-refractivity contribution in [3.8, 4) is 0 Å². The number of likely N-dealkylation sites (tertiary alicyclic amines) is 1. The van der Waals surface area contributed by atoms with Gasteiger partial charge < -0.3 is 25.5 Å². The Balaban J connectivity index is 1.40. The average molecular weight is 531 g/mol. The maximum Gasteiger partial charge on any atom is 0.308 e. The predicted octanol–water partition coefficient (Wildman–Crippen LogP) is 3.81. The van der Waals surface area contributed by atoms with Gasteiger partial charge in [-0.1, -0.05) is 6.42 Å². The maximum atomic E-state index is 12.9. The first kappa shape index (κ1) is 24.4. The summed E-state index contributed by atoms with van der Waals surface area (Å²) in [6.45, 7) is 2.01. The third kappa shape index (κ3) is 5.67. The number of carbonyl (C=O) groups is 2. The van der Waals surface area contributed by atoms with E-state index >= 15 is 0 Å². The first-order valence-electron chi connectivity index (χ1n) is 11.7. The number of piperidine rings is 1. The van der Waals surface area contributed by atoms with Gasteiger partial charge in [0.1, 0.15) is 5.82 Å². The summed E-state index contributed by atoms with van der Waals surface area (Å²) < 4.78 is 0.673. The van der Waals surface area contributed by atoms with Crippen molar-refractivity contribution < 1.29 is 14.7 Å². The molecule has 1 saturated heterocycles. The minimum atomic E-state index is -0.783. The Morgan fingerprint density at radius 2 is 1.85 bits per heavy atom. The highest BCUT2D eigenvalue weighted by molar-refractivity contribution is 9.10. The number of hydrogen-bond donors (Lipinski definition) is 3. The zero-order valence-electron chi connectivity index (χ0n) is 19.5. The van der Waals surface area contributed by atoms with Crippen molar-refractivity contribution in [2.45, 2.75) is 44.2 Å². The molecule has 2 fully saturated rings. The normalized spacial score (nSPS) is 21.3. The fourth-order valence-corrected chi connectivity index (χ4v) is 5.02. The van der Waals surface area contributed by atoms with Crippen molar-refractivity contribution in [2.75, 3.05) is 37.8 Å². The molecule has 1 aromatic carbocycles. The van der Waals surface area contributed by atoms with Crippen molar-refractivity contribution in [3.63, 3.8) is 0 Å².